The molecule has 0 radical (unpaired) electrons. The molecule has 1 aromatic heterocycles. The number of carbonyl (C=O) groups is 1. The van der Waals surface area contributed by atoms with Crippen LogP contribution in [0.5, 0.6) is 5.75 Å². The number of ether oxygens (including phenoxy) is 1. The van der Waals surface area contributed by atoms with E-state index in [0.717, 1.165) is 55.7 Å². The van der Waals surface area contributed by atoms with Crippen LogP contribution in [0.3, 0.4) is 0 Å². The SMILES string of the molecule is CCCCCOc1ccc(C(=O)N(Cc2nn(C)c3c2CCC3)C2CCCC2)cc1. The van der Waals surface area contributed by atoms with E-state index in [1.54, 1.807) is 0 Å². The number of amides is 1. The lowest BCUT2D eigenvalue weighted by atomic mass is 10.1. The minimum atomic E-state index is 0.122. The van der Waals surface area contributed by atoms with Crippen molar-refractivity contribution in [1.82, 2.24) is 14.7 Å². The molecule has 162 valence electrons. The Labute approximate surface area is 180 Å². The van der Waals surface area contributed by atoms with E-state index in [2.05, 4.69) is 11.8 Å². The molecular weight excluding hydrogens is 374 g/mol. The average molecular weight is 410 g/mol. The molecule has 0 aliphatic heterocycles. The molecule has 1 saturated carbocycles. The van der Waals surface area contributed by atoms with Crippen LogP contribution in [0, 0.1) is 0 Å². The number of hydrogen-bond acceptors (Lipinski definition) is 3. The number of unbranched alkanes of at least 4 members (excludes halogenated alkanes) is 2. The van der Waals surface area contributed by atoms with Gasteiger partial charge in [-0.1, -0.05) is 32.6 Å². The number of nitrogens with zero attached hydrogens (tertiary/aromatic N) is 3. The highest BCUT2D eigenvalue weighted by molar-refractivity contribution is 5.94. The molecule has 0 saturated heterocycles. The van der Waals surface area contributed by atoms with E-state index < -0.39 is 0 Å². The van der Waals surface area contributed by atoms with Crippen LogP contribution in [0.15, 0.2) is 24.3 Å². The van der Waals surface area contributed by atoms with Gasteiger partial charge in [-0.2, -0.15) is 5.10 Å². The quantitative estimate of drug-likeness (QED) is 0.544. The number of hydrogen-bond donors (Lipinski definition) is 0. The van der Waals surface area contributed by atoms with Gasteiger partial charge in [0.05, 0.1) is 18.8 Å². The summed E-state index contributed by atoms with van der Waals surface area (Å²) in [5.41, 5.74) is 4.58. The fourth-order valence-corrected chi connectivity index (χ4v) is 4.97. The predicted octanol–water partition coefficient (Wildman–Crippen LogP) is 5.06. The number of aryl methyl sites for hydroxylation is 1. The van der Waals surface area contributed by atoms with Gasteiger partial charge < -0.3 is 9.64 Å². The van der Waals surface area contributed by atoms with Gasteiger partial charge in [-0.05, 0) is 68.4 Å². The first-order valence-corrected chi connectivity index (χ1v) is 11.7. The van der Waals surface area contributed by atoms with Gasteiger partial charge >= 0.3 is 0 Å². The van der Waals surface area contributed by atoms with Gasteiger partial charge in [0.15, 0.2) is 0 Å². The summed E-state index contributed by atoms with van der Waals surface area (Å²) in [6.45, 7) is 3.55. The minimum Gasteiger partial charge on any atom is -0.494 e. The van der Waals surface area contributed by atoms with Gasteiger partial charge in [0, 0.05) is 24.3 Å². The fourth-order valence-electron chi connectivity index (χ4n) is 4.97. The van der Waals surface area contributed by atoms with Gasteiger partial charge in [-0.3, -0.25) is 9.48 Å². The van der Waals surface area contributed by atoms with Crippen molar-refractivity contribution in [2.45, 2.75) is 83.7 Å². The number of rotatable bonds is 9. The lowest BCUT2D eigenvalue weighted by Crippen LogP contribution is -2.38. The van der Waals surface area contributed by atoms with Crippen molar-refractivity contribution in [3.63, 3.8) is 0 Å². The van der Waals surface area contributed by atoms with E-state index in [-0.39, 0.29) is 5.91 Å². The third kappa shape index (κ3) is 4.55. The first-order chi connectivity index (χ1) is 14.7. The number of benzene rings is 1. The Morgan fingerprint density at radius 3 is 2.63 bits per heavy atom. The third-order valence-corrected chi connectivity index (χ3v) is 6.66. The van der Waals surface area contributed by atoms with E-state index in [0.29, 0.717) is 12.6 Å². The summed E-state index contributed by atoms with van der Waals surface area (Å²) < 4.78 is 7.84. The molecule has 30 heavy (non-hydrogen) atoms. The molecule has 2 aliphatic rings. The topological polar surface area (TPSA) is 47.4 Å². The van der Waals surface area contributed by atoms with Gasteiger partial charge in [-0.15, -0.1) is 0 Å². The van der Waals surface area contributed by atoms with Gasteiger partial charge in [0.1, 0.15) is 5.75 Å². The highest BCUT2D eigenvalue weighted by Gasteiger charge is 2.30. The first-order valence-electron chi connectivity index (χ1n) is 11.7. The highest BCUT2D eigenvalue weighted by atomic mass is 16.5. The van der Waals surface area contributed by atoms with Crippen LogP contribution in [0.1, 0.15) is 85.6 Å². The Balaban J connectivity index is 1.48. The molecular formula is C25H35N3O2. The Bertz CT molecular complexity index is 850. The molecule has 0 spiro atoms. The summed E-state index contributed by atoms with van der Waals surface area (Å²) in [7, 11) is 2.04. The zero-order valence-electron chi connectivity index (χ0n) is 18.5. The summed E-state index contributed by atoms with van der Waals surface area (Å²) in [4.78, 5) is 15.6. The average Bonchev–Trinajstić information content (AvgIpc) is 3.50. The molecule has 4 rings (SSSR count). The molecule has 2 aromatic rings. The largest absolute Gasteiger partial charge is 0.494 e. The Kier molecular flexibility index (Phi) is 6.76. The van der Waals surface area contributed by atoms with Crippen LogP contribution >= 0.6 is 0 Å². The van der Waals surface area contributed by atoms with Crippen molar-refractivity contribution >= 4 is 5.91 Å². The number of carbonyl (C=O) groups excluding carboxylic acids is 1. The van der Waals surface area contributed by atoms with E-state index in [9.17, 15) is 4.79 Å². The Hall–Kier alpha value is -2.30. The van der Waals surface area contributed by atoms with Crippen molar-refractivity contribution in [2.75, 3.05) is 6.61 Å². The van der Waals surface area contributed by atoms with Crippen LogP contribution < -0.4 is 4.74 Å². The molecule has 1 amide bonds. The van der Waals surface area contributed by atoms with Crippen molar-refractivity contribution in [3.05, 3.63) is 46.8 Å². The van der Waals surface area contributed by atoms with E-state index in [1.165, 1.54) is 43.4 Å². The second-order valence-corrected chi connectivity index (χ2v) is 8.80. The van der Waals surface area contributed by atoms with Crippen LogP contribution in [0.25, 0.3) is 0 Å². The normalized spacial score (nSPS) is 16.1. The standard InChI is InChI=1S/C25H35N3O2/c1-3-4-7-17-30-21-15-13-19(14-16-21)25(29)28(20-9-5-6-10-20)18-23-22-11-8-12-24(22)27(2)26-23/h13-16,20H,3-12,17-18H2,1-2H3. The summed E-state index contributed by atoms with van der Waals surface area (Å²) in [6, 6.07) is 8.03. The van der Waals surface area contributed by atoms with Crippen LogP contribution in [-0.4, -0.2) is 33.2 Å². The zero-order valence-corrected chi connectivity index (χ0v) is 18.5. The Morgan fingerprint density at radius 1 is 1.13 bits per heavy atom. The van der Waals surface area contributed by atoms with E-state index >= 15 is 0 Å². The smallest absolute Gasteiger partial charge is 0.254 e. The molecule has 5 nitrogen and oxygen atoms in total. The molecule has 2 aliphatic carbocycles. The van der Waals surface area contributed by atoms with Crippen molar-refractivity contribution in [3.8, 4) is 5.75 Å². The molecule has 1 fully saturated rings. The monoisotopic (exact) mass is 409 g/mol. The minimum absolute atomic E-state index is 0.122. The lowest BCUT2D eigenvalue weighted by Gasteiger charge is -2.29. The van der Waals surface area contributed by atoms with E-state index in [4.69, 9.17) is 9.84 Å². The molecule has 1 aromatic carbocycles. The maximum atomic E-state index is 13.5. The van der Waals surface area contributed by atoms with Crippen molar-refractivity contribution in [2.24, 2.45) is 7.05 Å². The second-order valence-electron chi connectivity index (χ2n) is 8.80. The summed E-state index contributed by atoms with van der Waals surface area (Å²) >= 11 is 0. The first kappa shape index (κ1) is 21.0. The molecule has 0 bridgehead atoms. The molecule has 1 heterocycles. The lowest BCUT2D eigenvalue weighted by molar-refractivity contribution is 0.0661. The predicted molar refractivity (Wildman–Crippen MR) is 119 cm³/mol. The number of fused-ring (bicyclic) bond motifs is 1. The van der Waals surface area contributed by atoms with Gasteiger partial charge in [0.2, 0.25) is 0 Å². The summed E-state index contributed by atoms with van der Waals surface area (Å²) in [6.07, 6.45) is 11.5. The second kappa shape index (κ2) is 9.67. The van der Waals surface area contributed by atoms with Gasteiger partial charge in [-0.25, -0.2) is 0 Å². The van der Waals surface area contributed by atoms with E-state index in [1.807, 2.05) is 36.0 Å². The van der Waals surface area contributed by atoms with Gasteiger partial charge in [0.25, 0.3) is 5.91 Å². The van der Waals surface area contributed by atoms with Crippen molar-refractivity contribution < 1.29 is 9.53 Å². The zero-order chi connectivity index (χ0) is 20.9. The third-order valence-electron chi connectivity index (χ3n) is 6.66. The maximum Gasteiger partial charge on any atom is 0.254 e. The summed E-state index contributed by atoms with van der Waals surface area (Å²) in [5.74, 6) is 0.967. The fraction of sp³-hybridized carbons (Fsp3) is 0.600. The Morgan fingerprint density at radius 2 is 1.90 bits per heavy atom. The van der Waals surface area contributed by atoms with Crippen molar-refractivity contribution in [1.29, 1.82) is 0 Å². The molecule has 5 heteroatoms. The number of aromatic nitrogens is 2. The summed E-state index contributed by atoms with van der Waals surface area (Å²) in [5, 5.41) is 4.79. The van der Waals surface area contributed by atoms with Crippen LogP contribution in [0.4, 0.5) is 0 Å². The van der Waals surface area contributed by atoms with Crippen LogP contribution in [-0.2, 0) is 26.4 Å². The molecule has 0 atom stereocenters. The molecule has 0 unspecified atom stereocenters. The molecule has 0 N–H and O–H groups in total. The van der Waals surface area contributed by atoms with Crippen LogP contribution in [0.2, 0.25) is 0 Å². The highest BCUT2D eigenvalue weighted by Crippen LogP contribution is 2.30. The maximum absolute atomic E-state index is 13.5.